The zero-order valence-corrected chi connectivity index (χ0v) is 19.1. The molecule has 5 nitrogen and oxygen atoms in total. The predicted octanol–water partition coefficient (Wildman–Crippen LogP) is 4.13. The lowest BCUT2D eigenvalue weighted by Crippen LogP contribution is -2.38. The van der Waals surface area contributed by atoms with Crippen molar-refractivity contribution >= 4 is 29.9 Å². The van der Waals surface area contributed by atoms with Crippen molar-refractivity contribution in [2.24, 2.45) is 4.99 Å². The number of aromatic nitrogens is 2. The molecule has 1 heterocycles. The Hall–Kier alpha value is -2.49. The van der Waals surface area contributed by atoms with E-state index < -0.39 is 11.6 Å². The standard InChI is InChI=1S/C22H25F2N5.HI/c1-2-25-22(27-11-10-18-14-19(23)8-9-20(18)24)28-15-21-26-12-13-29(21)16-17-6-4-3-5-7-17;/h3-9,12-14H,2,10-11,15-16H2,1H3,(H2,25,27,28);1H. The Labute approximate surface area is 192 Å². The van der Waals surface area contributed by atoms with Gasteiger partial charge in [-0.15, -0.1) is 24.0 Å². The highest BCUT2D eigenvalue weighted by Gasteiger charge is 2.06. The molecule has 160 valence electrons. The van der Waals surface area contributed by atoms with E-state index in [0.29, 0.717) is 37.6 Å². The van der Waals surface area contributed by atoms with Gasteiger partial charge in [0.1, 0.15) is 24.0 Å². The zero-order valence-electron chi connectivity index (χ0n) is 16.8. The first-order chi connectivity index (χ1) is 14.2. The van der Waals surface area contributed by atoms with Gasteiger partial charge < -0.3 is 15.2 Å². The fraction of sp³-hybridized carbons (Fsp3) is 0.273. The molecule has 8 heteroatoms. The Morgan fingerprint density at radius 2 is 1.90 bits per heavy atom. The van der Waals surface area contributed by atoms with Crippen LogP contribution in [-0.2, 0) is 19.5 Å². The van der Waals surface area contributed by atoms with Crippen molar-refractivity contribution in [1.82, 2.24) is 20.2 Å². The summed E-state index contributed by atoms with van der Waals surface area (Å²) in [5, 5.41) is 6.32. The van der Waals surface area contributed by atoms with Crippen LogP contribution in [0.15, 0.2) is 65.9 Å². The van der Waals surface area contributed by atoms with Gasteiger partial charge in [0.2, 0.25) is 0 Å². The van der Waals surface area contributed by atoms with Gasteiger partial charge in [0.15, 0.2) is 5.96 Å². The number of halogens is 3. The van der Waals surface area contributed by atoms with E-state index in [2.05, 4.69) is 37.3 Å². The first-order valence-electron chi connectivity index (χ1n) is 9.65. The van der Waals surface area contributed by atoms with E-state index >= 15 is 0 Å². The predicted molar refractivity (Wildman–Crippen MR) is 126 cm³/mol. The van der Waals surface area contributed by atoms with Crippen LogP contribution in [-0.4, -0.2) is 28.6 Å². The van der Waals surface area contributed by atoms with Crippen molar-refractivity contribution in [2.75, 3.05) is 13.1 Å². The third-order valence-corrected chi connectivity index (χ3v) is 4.41. The van der Waals surface area contributed by atoms with Crippen LogP contribution in [0.4, 0.5) is 8.78 Å². The topological polar surface area (TPSA) is 54.2 Å². The maximum Gasteiger partial charge on any atom is 0.191 e. The smallest absolute Gasteiger partial charge is 0.191 e. The fourth-order valence-corrected chi connectivity index (χ4v) is 2.96. The number of hydrogen-bond acceptors (Lipinski definition) is 2. The van der Waals surface area contributed by atoms with E-state index in [1.807, 2.05) is 31.3 Å². The van der Waals surface area contributed by atoms with Gasteiger partial charge in [0.05, 0.1) is 0 Å². The van der Waals surface area contributed by atoms with E-state index in [1.54, 1.807) is 6.20 Å². The summed E-state index contributed by atoms with van der Waals surface area (Å²) in [5.74, 6) is 0.617. The normalized spacial score (nSPS) is 11.1. The Kier molecular flexibility index (Phi) is 9.72. The van der Waals surface area contributed by atoms with E-state index in [9.17, 15) is 8.78 Å². The third-order valence-electron chi connectivity index (χ3n) is 4.41. The molecule has 0 aliphatic rings. The summed E-state index contributed by atoms with van der Waals surface area (Å²) in [6, 6.07) is 13.7. The summed E-state index contributed by atoms with van der Waals surface area (Å²) in [4.78, 5) is 8.98. The second-order valence-corrected chi connectivity index (χ2v) is 6.56. The summed E-state index contributed by atoms with van der Waals surface area (Å²) in [5.41, 5.74) is 1.53. The first kappa shape index (κ1) is 23.8. The first-order valence-corrected chi connectivity index (χ1v) is 9.65. The number of guanidine groups is 1. The lowest BCUT2D eigenvalue weighted by Gasteiger charge is -2.12. The molecule has 0 fully saturated rings. The molecule has 0 spiro atoms. The molecular weight excluding hydrogens is 499 g/mol. The molecule has 2 N–H and O–H groups in total. The number of imidazole rings is 1. The largest absolute Gasteiger partial charge is 0.357 e. The van der Waals surface area contributed by atoms with Gasteiger partial charge in [0, 0.05) is 32.0 Å². The minimum absolute atomic E-state index is 0. The number of nitrogens with zero attached hydrogens (tertiary/aromatic N) is 3. The second kappa shape index (κ2) is 12.3. The average molecular weight is 525 g/mol. The van der Waals surface area contributed by atoms with Crippen LogP contribution in [0.1, 0.15) is 23.9 Å². The number of benzene rings is 2. The number of aliphatic imine (C=N–C) groups is 1. The van der Waals surface area contributed by atoms with Crippen LogP contribution in [0.3, 0.4) is 0 Å². The van der Waals surface area contributed by atoms with Gasteiger partial charge in [-0.25, -0.2) is 18.8 Å². The van der Waals surface area contributed by atoms with Gasteiger partial charge in [-0.05, 0) is 42.7 Å². The fourth-order valence-electron chi connectivity index (χ4n) is 2.96. The van der Waals surface area contributed by atoms with E-state index in [-0.39, 0.29) is 24.0 Å². The molecule has 1 aromatic heterocycles. The Bertz CT molecular complexity index is 944. The number of nitrogens with one attached hydrogen (secondary N) is 2. The van der Waals surface area contributed by atoms with Crippen LogP contribution >= 0.6 is 24.0 Å². The molecule has 2 aromatic carbocycles. The summed E-state index contributed by atoms with van der Waals surface area (Å²) in [6.07, 6.45) is 4.06. The Balaban J connectivity index is 0.00000320. The number of rotatable bonds is 8. The van der Waals surface area contributed by atoms with E-state index in [1.165, 1.54) is 11.6 Å². The van der Waals surface area contributed by atoms with Crippen LogP contribution in [0.25, 0.3) is 0 Å². The molecular formula is C22H26F2IN5. The van der Waals surface area contributed by atoms with Gasteiger partial charge >= 0.3 is 0 Å². The van der Waals surface area contributed by atoms with Crippen molar-refractivity contribution in [1.29, 1.82) is 0 Å². The molecule has 0 radical (unpaired) electrons. The molecule has 0 saturated carbocycles. The summed E-state index contributed by atoms with van der Waals surface area (Å²) in [6.45, 7) is 4.24. The van der Waals surface area contributed by atoms with Gasteiger partial charge in [0.25, 0.3) is 0 Å². The SMILES string of the molecule is CCNC(=NCc1nccn1Cc1ccccc1)NCCc1cc(F)ccc1F.I. The molecule has 0 aliphatic carbocycles. The van der Waals surface area contributed by atoms with Gasteiger partial charge in [-0.3, -0.25) is 0 Å². The van der Waals surface area contributed by atoms with Crippen LogP contribution in [0, 0.1) is 11.6 Å². The minimum atomic E-state index is -0.438. The van der Waals surface area contributed by atoms with Crippen molar-refractivity contribution in [2.45, 2.75) is 26.4 Å². The molecule has 30 heavy (non-hydrogen) atoms. The van der Waals surface area contributed by atoms with Crippen molar-refractivity contribution in [3.8, 4) is 0 Å². The lowest BCUT2D eigenvalue weighted by atomic mass is 10.1. The zero-order chi connectivity index (χ0) is 20.5. The third kappa shape index (κ3) is 7.08. The molecule has 0 saturated heterocycles. The quantitative estimate of drug-likeness (QED) is 0.264. The van der Waals surface area contributed by atoms with E-state index in [4.69, 9.17) is 0 Å². The summed E-state index contributed by atoms with van der Waals surface area (Å²) < 4.78 is 29.1. The maximum atomic E-state index is 13.7. The monoisotopic (exact) mass is 525 g/mol. The molecule has 0 amide bonds. The summed E-state index contributed by atoms with van der Waals surface area (Å²) in [7, 11) is 0. The number of hydrogen-bond donors (Lipinski definition) is 2. The molecule has 3 rings (SSSR count). The highest BCUT2D eigenvalue weighted by Crippen LogP contribution is 2.10. The van der Waals surface area contributed by atoms with E-state index in [0.717, 1.165) is 24.5 Å². The molecule has 0 unspecified atom stereocenters. The van der Waals surface area contributed by atoms with Crippen LogP contribution < -0.4 is 10.6 Å². The highest BCUT2D eigenvalue weighted by molar-refractivity contribution is 14.0. The van der Waals surface area contributed by atoms with Gasteiger partial charge in [-0.1, -0.05) is 30.3 Å². The average Bonchev–Trinajstić information content (AvgIpc) is 3.16. The van der Waals surface area contributed by atoms with Crippen molar-refractivity contribution in [3.63, 3.8) is 0 Å². The van der Waals surface area contributed by atoms with Crippen LogP contribution in [0.5, 0.6) is 0 Å². The minimum Gasteiger partial charge on any atom is -0.357 e. The molecule has 0 aliphatic heterocycles. The molecule has 0 bridgehead atoms. The summed E-state index contributed by atoms with van der Waals surface area (Å²) >= 11 is 0. The second-order valence-electron chi connectivity index (χ2n) is 6.56. The lowest BCUT2D eigenvalue weighted by molar-refractivity contribution is 0.583. The Morgan fingerprint density at radius 3 is 2.67 bits per heavy atom. The molecule has 3 aromatic rings. The van der Waals surface area contributed by atoms with Crippen molar-refractivity contribution in [3.05, 3.63) is 89.5 Å². The van der Waals surface area contributed by atoms with Crippen LogP contribution in [0.2, 0.25) is 0 Å². The highest BCUT2D eigenvalue weighted by atomic mass is 127. The van der Waals surface area contributed by atoms with Crippen molar-refractivity contribution < 1.29 is 8.78 Å². The maximum absolute atomic E-state index is 13.7. The molecule has 0 atom stereocenters. The van der Waals surface area contributed by atoms with Gasteiger partial charge in [-0.2, -0.15) is 0 Å². The Morgan fingerprint density at radius 1 is 1.10 bits per heavy atom.